The Morgan fingerprint density at radius 2 is 1.91 bits per heavy atom. The third kappa shape index (κ3) is 3.28. The highest BCUT2D eigenvalue weighted by Crippen LogP contribution is 2.38. The molecule has 1 aliphatic heterocycles. The minimum atomic E-state index is -0.730. The van der Waals surface area contributed by atoms with Crippen LogP contribution in [0.2, 0.25) is 0 Å². The number of carbonyl (C=O) groups is 2. The largest absolute Gasteiger partial charge is 0.623 e. The molecular weight excluding hydrogens is 302 g/mol. The van der Waals surface area contributed by atoms with Gasteiger partial charge in [-0.25, -0.2) is 9.53 Å². The van der Waals surface area contributed by atoms with Crippen molar-refractivity contribution in [1.29, 1.82) is 0 Å². The topological polar surface area (TPSA) is 87.9 Å². The number of para-hydroxylation sites is 1. The Bertz CT molecular complexity index is 639. The molecule has 0 fully saturated rings. The molecule has 0 saturated heterocycles. The minimum absolute atomic E-state index is 0.0481. The Labute approximate surface area is 134 Å². The normalized spacial score (nSPS) is 20.3. The van der Waals surface area contributed by atoms with Crippen LogP contribution in [0.25, 0.3) is 0 Å². The first kappa shape index (κ1) is 16.8. The van der Waals surface area contributed by atoms with Crippen LogP contribution in [0.5, 0.6) is 5.75 Å². The van der Waals surface area contributed by atoms with Crippen LogP contribution in [0, 0.1) is 11.1 Å². The average Bonchev–Trinajstić information content (AvgIpc) is 2.89. The number of esters is 2. The van der Waals surface area contributed by atoms with E-state index in [1.807, 2.05) is 18.2 Å². The lowest BCUT2D eigenvalue weighted by atomic mass is 9.82. The molecule has 0 aromatic heterocycles. The molecule has 1 heterocycles. The van der Waals surface area contributed by atoms with Crippen molar-refractivity contribution in [1.82, 2.24) is 0 Å². The summed E-state index contributed by atoms with van der Waals surface area (Å²) in [6.07, 6.45) is -0.0810. The fraction of sp³-hybridized carbons (Fsp3) is 0.438. The van der Waals surface area contributed by atoms with E-state index in [0.29, 0.717) is 10.5 Å². The summed E-state index contributed by atoms with van der Waals surface area (Å²) in [5.41, 5.74) is 0.706. The van der Waals surface area contributed by atoms with Crippen LogP contribution >= 0.6 is 0 Å². The van der Waals surface area contributed by atoms with Gasteiger partial charge in [-0.1, -0.05) is 18.2 Å². The Morgan fingerprint density at radius 3 is 2.52 bits per heavy atom. The van der Waals surface area contributed by atoms with E-state index in [1.54, 1.807) is 6.07 Å². The maximum absolute atomic E-state index is 12.2. The Hall–Kier alpha value is -2.57. The highest BCUT2D eigenvalue weighted by Gasteiger charge is 2.47. The van der Waals surface area contributed by atoms with E-state index in [1.165, 1.54) is 21.3 Å². The number of nitrogens with zero attached hydrogens (tertiary/aromatic N) is 1. The summed E-state index contributed by atoms with van der Waals surface area (Å²) < 4.78 is 15.3. The fourth-order valence-corrected chi connectivity index (χ4v) is 2.93. The highest BCUT2D eigenvalue weighted by atomic mass is 16.5. The molecule has 0 spiro atoms. The van der Waals surface area contributed by atoms with Gasteiger partial charge in [0.2, 0.25) is 0 Å². The molecule has 7 nitrogen and oxygen atoms in total. The van der Waals surface area contributed by atoms with E-state index in [-0.39, 0.29) is 24.6 Å². The number of methoxy groups -OCH3 is 3. The second-order valence-corrected chi connectivity index (χ2v) is 5.17. The molecule has 0 bridgehead atoms. The third-order valence-electron chi connectivity index (χ3n) is 4.02. The summed E-state index contributed by atoms with van der Waals surface area (Å²) in [5.74, 6) is -1.61. The van der Waals surface area contributed by atoms with E-state index in [4.69, 9.17) is 9.47 Å². The molecule has 1 aromatic carbocycles. The summed E-state index contributed by atoms with van der Waals surface area (Å²) >= 11 is 0. The van der Waals surface area contributed by atoms with Crippen molar-refractivity contribution in [3.63, 3.8) is 0 Å². The molecule has 124 valence electrons. The summed E-state index contributed by atoms with van der Waals surface area (Å²) in [7, 11) is 4.00. The van der Waals surface area contributed by atoms with E-state index in [0.717, 1.165) is 5.56 Å². The van der Waals surface area contributed by atoms with Crippen molar-refractivity contribution in [2.45, 2.75) is 12.3 Å². The second kappa shape index (κ2) is 7.13. The summed E-state index contributed by atoms with van der Waals surface area (Å²) in [6, 6.07) is 7.22. The molecule has 0 amide bonds. The van der Waals surface area contributed by atoms with E-state index in [2.05, 4.69) is 4.74 Å². The number of benzene rings is 1. The summed E-state index contributed by atoms with van der Waals surface area (Å²) in [6.45, 7) is 0.0481. The van der Waals surface area contributed by atoms with Crippen LogP contribution in [0.1, 0.15) is 17.9 Å². The molecule has 7 heteroatoms. The summed E-state index contributed by atoms with van der Waals surface area (Å²) in [4.78, 5) is 23.7. The standard InChI is InChI=1S/C16H19NO6/c1-21-13-7-5-4-6-10(13)12-9-17(20)15(16(19)23-3)11(12)8-14(18)22-2/h4-7,11-12H,8-9H2,1-3H3/t11-,12+/m1/s1. The Balaban J connectivity index is 2.43. The fourth-order valence-electron chi connectivity index (χ4n) is 2.93. The predicted molar refractivity (Wildman–Crippen MR) is 81.4 cm³/mol. The van der Waals surface area contributed by atoms with Crippen molar-refractivity contribution in [2.75, 3.05) is 27.9 Å². The third-order valence-corrected chi connectivity index (χ3v) is 4.02. The smallest absolute Gasteiger partial charge is 0.399 e. The number of hydrogen-bond acceptors (Lipinski definition) is 6. The van der Waals surface area contributed by atoms with Gasteiger partial charge >= 0.3 is 11.9 Å². The zero-order valence-corrected chi connectivity index (χ0v) is 13.3. The molecule has 0 N–H and O–H groups in total. The molecule has 2 rings (SSSR count). The van der Waals surface area contributed by atoms with Crippen LogP contribution < -0.4 is 4.74 Å². The molecule has 1 aliphatic rings. The first-order valence-corrected chi connectivity index (χ1v) is 7.13. The van der Waals surface area contributed by atoms with Crippen molar-refractivity contribution < 1.29 is 28.5 Å². The first-order chi connectivity index (χ1) is 11.0. The summed E-state index contributed by atoms with van der Waals surface area (Å²) in [5, 5.41) is 12.2. The molecule has 0 unspecified atom stereocenters. The quantitative estimate of drug-likeness (QED) is 0.458. The zero-order chi connectivity index (χ0) is 17.0. The van der Waals surface area contributed by atoms with Gasteiger partial charge in [0.05, 0.1) is 39.6 Å². The zero-order valence-electron chi connectivity index (χ0n) is 13.3. The number of hydrogen-bond donors (Lipinski definition) is 0. The van der Waals surface area contributed by atoms with E-state index >= 15 is 0 Å². The lowest BCUT2D eigenvalue weighted by molar-refractivity contribution is -0.450. The molecule has 23 heavy (non-hydrogen) atoms. The van der Waals surface area contributed by atoms with Gasteiger partial charge in [0.1, 0.15) is 5.75 Å². The van der Waals surface area contributed by atoms with Gasteiger partial charge in [-0.15, -0.1) is 0 Å². The van der Waals surface area contributed by atoms with Crippen molar-refractivity contribution in [3.8, 4) is 5.75 Å². The highest BCUT2D eigenvalue weighted by molar-refractivity contribution is 6.35. The van der Waals surface area contributed by atoms with Crippen LogP contribution in [0.15, 0.2) is 24.3 Å². The number of rotatable bonds is 5. The number of hydroxylamine groups is 1. The first-order valence-electron chi connectivity index (χ1n) is 7.13. The van der Waals surface area contributed by atoms with Gasteiger partial charge in [0, 0.05) is 5.56 Å². The minimum Gasteiger partial charge on any atom is -0.623 e. The van der Waals surface area contributed by atoms with Gasteiger partial charge in [-0.2, -0.15) is 0 Å². The van der Waals surface area contributed by atoms with Gasteiger partial charge in [0.15, 0.2) is 6.54 Å². The Kier molecular flexibility index (Phi) is 5.20. The Morgan fingerprint density at radius 1 is 1.22 bits per heavy atom. The van der Waals surface area contributed by atoms with E-state index < -0.39 is 17.9 Å². The average molecular weight is 321 g/mol. The number of carbonyl (C=O) groups excluding carboxylic acids is 2. The second-order valence-electron chi connectivity index (χ2n) is 5.17. The maximum Gasteiger partial charge on any atom is 0.399 e. The number of ether oxygens (including phenoxy) is 3. The lowest BCUT2D eigenvalue weighted by Crippen LogP contribution is -2.30. The molecule has 2 atom stereocenters. The monoisotopic (exact) mass is 321 g/mol. The van der Waals surface area contributed by atoms with Crippen LogP contribution in [0.3, 0.4) is 0 Å². The van der Waals surface area contributed by atoms with Crippen molar-refractivity contribution in [2.24, 2.45) is 5.92 Å². The van der Waals surface area contributed by atoms with Crippen molar-refractivity contribution in [3.05, 3.63) is 35.0 Å². The van der Waals surface area contributed by atoms with Gasteiger partial charge in [-0.05, 0) is 6.07 Å². The van der Waals surface area contributed by atoms with Gasteiger partial charge in [-0.3, -0.25) is 4.79 Å². The van der Waals surface area contributed by atoms with Gasteiger partial charge < -0.3 is 19.4 Å². The van der Waals surface area contributed by atoms with Gasteiger partial charge in [0.25, 0.3) is 5.71 Å². The van der Waals surface area contributed by atoms with Crippen molar-refractivity contribution >= 4 is 17.7 Å². The van der Waals surface area contributed by atoms with Crippen LogP contribution in [0.4, 0.5) is 0 Å². The molecule has 0 radical (unpaired) electrons. The molecular formula is C16H19NO6. The van der Waals surface area contributed by atoms with E-state index in [9.17, 15) is 14.8 Å². The van der Waals surface area contributed by atoms with Crippen LogP contribution in [-0.2, 0) is 19.1 Å². The lowest BCUT2D eigenvalue weighted by Gasteiger charge is -2.18. The molecule has 1 aromatic rings. The predicted octanol–water partition coefficient (Wildman–Crippen LogP) is 1.10. The molecule has 0 aliphatic carbocycles. The molecule has 0 saturated carbocycles. The SMILES string of the molecule is COC(=O)C[C@H]1C(C(=O)OC)=[N+]([O-])C[C@H]1c1ccccc1OC. The maximum atomic E-state index is 12.2. The van der Waals surface area contributed by atoms with Crippen LogP contribution in [-0.4, -0.2) is 50.3 Å².